The number of hydrogen-bond acceptors (Lipinski definition) is 3. The summed E-state index contributed by atoms with van der Waals surface area (Å²) in [4.78, 5) is 0. The van der Waals surface area contributed by atoms with E-state index in [-0.39, 0.29) is 30.1 Å². The number of unbranched alkanes of at least 4 members (excludes halogenated alkanes) is 15. The van der Waals surface area contributed by atoms with E-state index in [9.17, 15) is 0 Å². The monoisotopic (exact) mass is 511 g/mol. The van der Waals surface area contributed by atoms with Crippen LogP contribution in [0.5, 0.6) is 0 Å². The molecule has 0 aliphatic carbocycles. The fourth-order valence-corrected chi connectivity index (χ4v) is 4.04. The van der Waals surface area contributed by atoms with Crippen LogP contribution in [0.1, 0.15) is 122 Å². The third-order valence-corrected chi connectivity index (χ3v) is 5.90. The topological polar surface area (TPSA) is 44.5 Å². The second kappa shape index (κ2) is 22.3. The average molecular weight is 512 g/mol. The SMILES string of the molecule is CCCCCCCCCCCCCCCCCCOCC1CCC(CN)O1.I. The van der Waals surface area contributed by atoms with Crippen LogP contribution < -0.4 is 5.73 Å². The molecule has 0 spiro atoms. The number of rotatable bonds is 20. The lowest BCUT2D eigenvalue weighted by atomic mass is 10.0. The number of hydrogen-bond donors (Lipinski definition) is 1. The van der Waals surface area contributed by atoms with Crippen molar-refractivity contribution in [1.29, 1.82) is 0 Å². The van der Waals surface area contributed by atoms with Gasteiger partial charge < -0.3 is 15.2 Å². The molecule has 0 bridgehead atoms. The standard InChI is InChI=1S/C24H49NO2.HI/c1-2-3-4-5-6-7-8-9-10-11-12-13-14-15-16-17-20-26-22-24-19-18-23(21-25)27-24;/h23-24H,2-22,25H2,1H3;1H. The first-order valence-corrected chi connectivity index (χ1v) is 12.3. The molecule has 170 valence electrons. The van der Waals surface area contributed by atoms with Gasteiger partial charge in [0.2, 0.25) is 0 Å². The molecule has 0 amide bonds. The summed E-state index contributed by atoms with van der Waals surface area (Å²) in [6, 6.07) is 0. The molecule has 1 aliphatic rings. The van der Waals surface area contributed by atoms with E-state index in [0.29, 0.717) is 12.6 Å². The summed E-state index contributed by atoms with van der Waals surface area (Å²) in [6.07, 6.45) is 25.4. The molecule has 0 radical (unpaired) electrons. The van der Waals surface area contributed by atoms with Gasteiger partial charge in [-0.1, -0.05) is 103 Å². The number of nitrogens with two attached hydrogens (primary N) is 1. The molecule has 2 N–H and O–H groups in total. The van der Waals surface area contributed by atoms with Crippen molar-refractivity contribution in [2.45, 2.75) is 135 Å². The van der Waals surface area contributed by atoms with E-state index in [1.54, 1.807) is 0 Å². The lowest BCUT2D eigenvalue weighted by molar-refractivity contribution is -0.0126. The predicted molar refractivity (Wildman–Crippen MR) is 133 cm³/mol. The lowest BCUT2D eigenvalue weighted by Gasteiger charge is -2.12. The first-order valence-electron chi connectivity index (χ1n) is 12.3. The quantitative estimate of drug-likeness (QED) is 0.137. The Bertz CT molecular complexity index is 304. The lowest BCUT2D eigenvalue weighted by Crippen LogP contribution is -2.22. The van der Waals surface area contributed by atoms with Crippen LogP contribution in [0.4, 0.5) is 0 Å². The van der Waals surface area contributed by atoms with Crippen molar-refractivity contribution in [1.82, 2.24) is 0 Å². The maximum absolute atomic E-state index is 5.79. The molecule has 4 heteroatoms. The zero-order valence-corrected chi connectivity index (χ0v) is 21.1. The van der Waals surface area contributed by atoms with Crippen LogP contribution in [-0.4, -0.2) is 32.0 Å². The third-order valence-electron chi connectivity index (χ3n) is 5.90. The van der Waals surface area contributed by atoms with Crippen LogP contribution in [-0.2, 0) is 9.47 Å². The van der Waals surface area contributed by atoms with Gasteiger partial charge in [-0.05, 0) is 19.3 Å². The highest BCUT2D eigenvalue weighted by molar-refractivity contribution is 14.0. The Morgan fingerprint density at radius 3 is 1.54 bits per heavy atom. The summed E-state index contributed by atoms with van der Waals surface area (Å²) >= 11 is 0. The van der Waals surface area contributed by atoms with Gasteiger partial charge in [-0.2, -0.15) is 0 Å². The molecule has 0 aromatic carbocycles. The van der Waals surface area contributed by atoms with Crippen LogP contribution in [0.25, 0.3) is 0 Å². The van der Waals surface area contributed by atoms with Crippen molar-refractivity contribution < 1.29 is 9.47 Å². The fraction of sp³-hybridized carbons (Fsp3) is 1.00. The maximum Gasteiger partial charge on any atom is 0.0813 e. The van der Waals surface area contributed by atoms with Crippen LogP contribution in [0.2, 0.25) is 0 Å². The second-order valence-electron chi connectivity index (χ2n) is 8.57. The van der Waals surface area contributed by atoms with Crippen molar-refractivity contribution in [2.24, 2.45) is 5.73 Å². The van der Waals surface area contributed by atoms with Crippen LogP contribution in [0.3, 0.4) is 0 Å². The highest BCUT2D eigenvalue weighted by atomic mass is 127. The Morgan fingerprint density at radius 2 is 1.11 bits per heavy atom. The van der Waals surface area contributed by atoms with E-state index in [1.165, 1.54) is 103 Å². The highest BCUT2D eigenvalue weighted by Crippen LogP contribution is 2.19. The molecule has 1 fully saturated rings. The molecule has 1 saturated heterocycles. The minimum Gasteiger partial charge on any atom is -0.379 e. The Labute approximate surface area is 193 Å². The van der Waals surface area contributed by atoms with E-state index in [2.05, 4.69) is 6.92 Å². The van der Waals surface area contributed by atoms with Crippen molar-refractivity contribution in [3.05, 3.63) is 0 Å². The molecule has 1 aliphatic heterocycles. The first-order chi connectivity index (χ1) is 13.4. The van der Waals surface area contributed by atoms with Gasteiger partial charge in [0.1, 0.15) is 0 Å². The van der Waals surface area contributed by atoms with Crippen LogP contribution in [0.15, 0.2) is 0 Å². The molecule has 2 unspecified atom stereocenters. The predicted octanol–water partition coefficient (Wildman–Crippen LogP) is 7.39. The first kappa shape index (κ1) is 28.6. The van der Waals surface area contributed by atoms with E-state index in [0.717, 1.165) is 26.1 Å². The van der Waals surface area contributed by atoms with Gasteiger partial charge in [0.25, 0.3) is 0 Å². The average Bonchev–Trinajstić information content (AvgIpc) is 3.15. The Hall–Kier alpha value is 0.610. The van der Waals surface area contributed by atoms with Crippen LogP contribution in [0, 0.1) is 0 Å². The fourth-order valence-electron chi connectivity index (χ4n) is 4.04. The van der Waals surface area contributed by atoms with Gasteiger partial charge in [0.05, 0.1) is 18.8 Å². The highest BCUT2D eigenvalue weighted by Gasteiger charge is 2.23. The van der Waals surface area contributed by atoms with Crippen molar-refractivity contribution in [3.8, 4) is 0 Å². The van der Waals surface area contributed by atoms with Crippen molar-refractivity contribution >= 4 is 24.0 Å². The summed E-state index contributed by atoms with van der Waals surface area (Å²) in [7, 11) is 0. The van der Waals surface area contributed by atoms with Crippen molar-refractivity contribution in [2.75, 3.05) is 19.8 Å². The molecule has 1 rings (SSSR count). The smallest absolute Gasteiger partial charge is 0.0813 e. The molecule has 28 heavy (non-hydrogen) atoms. The molecule has 0 saturated carbocycles. The summed E-state index contributed by atoms with van der Waals surface area (Å²) in [5, 5.41) is 0. The van der Waals surface area contributed by atoms with Gasteiger partial charge in [-0.3, -0.25) is 0 Å². The van der Waals surface area contributed by atoms with Gasteiger partial charge in [0.15, 0.2) is 0 Å². The van der Waals surface area contributed by atoms with Gasteiger partial charge in [-0.25, -0.2) is 0 Å². The Kier molecular flexibility index (Phi) is 22.8. The number of halogens is 1. The molecular weight excluding hydrogens is 461 g/mol. The van der Waals surface area contributed by atoms with E-state index in [1.807, 2.05) is 0 Å². The Morgan fingerprint density at radius 1 is 0.679 bits per heavy atom. The van der Waals surface area contributed by atoms with Crippen molar-refractivity contribution in [3.63, 3.8) is 0 Å². The molecule has 0 aromatic heterocycles. The molecule has 0 aromatic rings. The maximum atomic E-state index is 5.79. The molecule has 1 heterocycles. The third kappa shape index (κ3) is 17.5. The van der Waals surface area contributed by atoms with Gasteiger partial charge >= 0.3 is 0 Å². The minimum absolute atomic E-state index is 0. The zero-order chi connectivity index (χ0) is 19.4. The summed E-state index contributed by atoms with van der Waals surface area (Å²) in [5.74, 6) is 0. The summed E-state index contributed by atoms with van der Waals surface area (Å²) in [5.41, 5.74) is 5.63. The van der Waals surface area contributed by atoms with Gasteiger partial charge in [0, 0.05) is 13.2 Å². The summed E-state index contributed by atoms with van der Waals surface area (Å²) in [6.45, 7) is 4.59. The Balaban J connectivity index is 0.00000729. The van der Waals surface area contributed by atoms with E-state index >= 15 is 0 Å². The zero-order valence-electron chi connectivity index (χ0n) is 18.8. The second-order valence-corrected chi connectivity index (χ2v) is 8.57. The largest absolute Gasteiger partial charge is 0.379 e. The summed E-state index contributed by atoms with van der Waals surface area (Å²) < 4.78 is 11.6. The molecule has 2 atom stereocenters. The van der Waals surface area contributed by atoms with Crippen LogP contribution >= 0.6 is 24.0 Å². The van der Waals surface area contributed by atoms with Gasteiger partial charge in [-0.15, -0.1) is 24.0 Å². The van der Waals surface area contributed by atoms with E-state index in [4.69, 9.17) is 15.2 Å². The minimum atomic E-state index is 0. The van der Waals surface area contributed by atoms with E-state index < -0.39 is 0 Å². The molecular formula is C24H50INO2. The molecule has 3 nitrogen and oxygen atoms in total. The normalized spacial score (nSPS) is 19.1. The number of ether oxygens (including phenoxy) is 2.